The largest absolute Gasteiger partial charge is 0.456 e. The van der Waals surface area contributed by atoms with Crippen LogP contribution < -0.4 is 9.80 Å². The van der Waals surface area contributed by atoms with Crippen molar-refractivity contribution in [1.29, 1.82) is 0 Å². The molecule has 308 valence electrons. The van der Waals surface area contributed by atoms with Gasteiger partial charge in [-0.15, -0.1) is 0 Å². The molecule has 0 N–H and O–H groups in total. The molecule has 0 unspecified atom stereocenters. The first-order valence-electron chi connectivity index (χ1n) is 22.3. The summed E-state index contributed by atoms with van der Waals surface area (Å²) in [6, 6.07) is 79.8. The third-order valence-corrected chi connectivity index (χ3v) is 14.8. The van der Waals surface area contributed by atoms with Gasteiger partial charge in [0.1, 0.15) is 11.2 Å². The zero-order valence-electron chi connectivity index (χ0n) is 36.0. The van der Waals surface area contributed by atoms with E-state index >= 15 is 0 Å². The number of rotatable bonds is 6. The van der Waals surface area contributed by atoms with Crippen LogP contribution in [0.25, 0.3) is 66.1 Å². The Labute approximate surface area is 382 Å². The second kappa shape index (κ2) is 14.6. The topological polar surface area (TPSA) is 19.6 Å². The van der Waals surface area contributed by atoms with Gasteiger partial charge in [-0.05, 0) is 135 Å². The highest BCUT2D eigenvalue weighted by molar-refractivity contribution is 7.99. The fraction of sp³-hybridized carbons (Fsp3) is 0.0492. The van der Waals surface area contributed by atoms with Gasteiger partial charge in [0.25, 0.3) is 0 Å². The lowest BCUT2D eigenvalue weighted by Gasteiger charge is -2.33. The molecule has 0 saturated heterocycles. The minimum Gasteiger partial charge on any atom is -0.456 e. The summed E-state index contributed by atoms with van der Waals surface area (Å²) in [7, 11) is 0. The Morgan fingerprint density at radius 3 is 1.94 bits per heavy atom. The second-order valence-corrected chi connectivity index (χ2v) is 18.8. The van der Waals surface area contributed by atoms with Gasteiger partial charge in [-0.2, -0.15) is 0 Å². The zero-order valence-corrected chi connectivity index (χ0v) is 36.8. The van der Waals surface area contributed by atoms with Crippen LogP contribution in [0.3, 0.4) is 0 Å². The highest BCUT2D eigenvalue weighted by Gasteiger charge is 2.36. The van der Waals surface area contributed by atoms with Crippen molar-refractivity contribution in [3.8, 4) is 33.4 Å². The number of nitrogens with zero attached hydrogens (tertiary/aromatic N) is 2. The van der Waals surface area contributed by atoms with Crippen LogP contribution in [0.2, 0.25) is 0 Å². The van der Waals surface area contributed by atoms with E-state index in [1.54, 1.807) is 0 Å². The molecule has 0 bridgehead atoms. The van der Waals surface area contributed by atoms with Crippen LogP contribution in [0.15, 0.2) is 233 Å². The predicted molar refractivity (Wildman–Crippen MR) is 273 cm³/mol. The molecule has 0 fully saturated rings. The van der Waals surface area contributed by atoms with Gasteiger partial charge in [0, 0.05) is 48.4 Å². The molecule has 1 aliphatic carbocycles. The van der Waals surface area contributed by atoms with Crippen molar-refractivity contribution in [2.75, 3.05) is 9.80 Å². The first-order chi connectivity index (χ1) is 32.0. The third-order valence-electron chi connectivity index (χ3n) is 13.7. The predicted octanol–water partition coefficient (Wildman–Crippen LogP) is 17.8. The van der Waals surface area contributed by atoms with Crippen molar-refractivity contribution in [2.24, 2.45) is 0 Å². The fourth-order valence-corrected chi connectivity index (χ4v) is 11.5. The van der Waals surface area contributed by atoms with Crippen LogP contribution in [0.1, 0.15) is 25.0 Å². The van der Waals surface area contributed by atoms with Crippen LogP contribution in [0.4, 0.5) is 34.1 Å². The van der Waals surface area contributed by atoms with Gasteiger partial charge in [-0.25, -0.2) is 0 Å². The summed E-state index contributed by atoms with van der Waals surface area (Å²) in [6.45, 7) is 4.71. The quantitative estimate of drug-likeness (QED) is 0.166. The number of hydrogen-bond donors (Lipinski definition) is 0. The van der Waals surface area contributed by atoms with Crippen LogP contribution in [0.5, 0.6) is 0 Å². The van der Waals surface area contributed by atoms with Gasteiger partial charge in [0.15, 0.2) is 0 Å². The lowest BCUT2D eigenvalue weighted by Crippen LogP contribution is -2.16. The average Bonchev–Trinajstić information content (AvgIpc) is 3.84. The molecule has 3 nitrogen and oxygen atoms in total. The summed E-state index contributed by atoms with van der Waals surface area (Å²) in [5.74, 6) is 0. The van der Waals surface area contributed by atoms with E-state index in [-0.39, 0.29) is 5.41 Å². The first kappa shape index (κ1) is 37.7. The van der Waals surface area contributed by atoms with Crippen LogP contribution in [-0.2, 0) is 5.41 Å². The third kappa shape index (κ3) is 6.05. The Hall–Kier alpha value is -7.79. The number of furan rings is 1. The molecule has 0 saturated carbocycles. The highest BCUT2D eigenvalue weighted by Crippen LogP contribution is 2.54. The van der Waals surface area contributed by atoms with Crippen molar-refractivity contribution in [3.05, 3.63) is 230 Å². The van der Waals surface area contributed by atoms with Gasteiger partial charge in [0.2, 0.25) is 0 Å². The Morgan fingerprint density at radius 1 is 0.431 bits per heavy atom. The molecule has 13 rings (SSSR count). The normalized spacial score (nSPS) is 13.4. The van der Waals surface area contributed by atoms with Crippen molar-refractivity contribution in [2.45, 2.75) is 29.1 Å². The summed E-state index contributed by atoms with van der Waals surface area (Å²) < 4.78 is 6.12. The number of para-hydroxylation sites is 2. The molecule has 0 atom stereocenters. The number of benzene rings is 10. The van der Waals surface area contributed by atoms with E-state index in [1.807, 2.05) is 23.9 Å². The Morgan fingerprint density at radius 2 is 1.06 bits per heavy atom. The summed E-state index contributed by atoms with van der Waals surface area (Å²) in [6.07, 6.45) is 0. The molecular formula is C61H42N2OS. The van der Waals surface area contributed by atoms with E-state index in [1.165, 1.54) is 76.4 Å². The smallest absolute Gasteiger partial charge is 0.135 e. The molecule has 0 radical (unpaired) electrons. The molecule has 10 aromatic carbocycles. The average molecular weight is 851 g/mol. The van der Waals surface area contributed by atoms with Crippen molar-refractivity contribution in [1.82, 2.24) is 0 Å². The van der Waals surface area contributed by atoms with E-state index in [2.05, 4.69) is 230 Å². The van der Waals surface area contributed by atoms with E-state index in [4.69, 9.17) is 4.42 Å². The number of anilines is 6. The fourth-order valence-electron chi connectivity index (χ4n) is 10.4. The Bertz CT molecular complexity index is 3670. The van der Waals surface area contributed by atoms with Crippen LogP contribution in [0, 0.1) is 0 Å². The number of hydrogen-bond acceptors (Lipinski definition) is 4. The monoisotopic (exact) mass is 850 g/mol. The molecule has 2 heterocycles. The molecule has 4 heteroatoms. The summed E-state index contributed by atoms with van der Waals surface area (Å²) in [5.41, 5.74) is 18.8. The molecule has 65 heavy (non-hydrogen) atoms. The van der Waals surface area contributed by atoms with Gasteiger partial charge < -0.3 is 14.2 Å². The minimum atomic E-state index is -0.105. The highest BCUT2D eigenvalue weighted by atomic mass is 32.2. The zero-order chi connectivity index (χ0) is 43.2. The molecule has 0 spiro atoms. The van der Waals surface area contributed by atoms with Crippen LogP contribution in [-0.4, -0.2) is 0 Å². The maximum absolute atomic E-state index is 6.12. The van der Waals surface area contributed by atoms with Crippen molar-refractivity contribution >= 4 is 78.6 Å². The van der Waals surface area contributed by atoms with E-state index in [9.17, 15) is 0 Å². The first-order valence-corrected chi connectivity index (χ1v) is 23.1. The summed E-state index contributed by atoms with van der Waals surface area (Å²) in [4.78, 5) is 7.31. The van der Waals surface area contributed by atoms with E-state index < -0.39 is 0 Å². The Balaban J connectivity index is 0.855. The standard InChI is InChI=1S/C61H42N2OS/c1-61(2)52-17-7-5-15-48(52)49-33-32-46(38-53(49)61)62(54-19-11-13-41-12-3-4-14-47(41)54)44-28-22-40(23-29-44)43-26-34-56-60(37-43)65-59-21-10-8-18-55(59)63(56)45-30-24-39(25-31-45)42-27-35-58-51(36-42)50-16-6-9-20-57(50)64-58/h3-38H,1-2H3. The maximum atomic E-state index is 6.12. The van der Waals surface area contributed by atoms with Gasteiger partial charge in [-0.1, -0.05) is 159 Å². The molecule has 1 aromatic heterocycles. The molecule has 1 aliphatic heterocycles. The van der Waals surface area contributed by atoms with E-state index in [0.717, 1.165) is 44.7 Å². The van der Waals surface area contributed by atoms with Gasteiger partial charge in [0.05, 0.1) is 17.1 Å². The minimum absolute atomic E-state index is 0.105. The molecule has 2 aliphatic rings. The SMILES string of the molecule is CC1(C)c2ccccc2-c2ccc(N(c3ccc(-c4ccc5c(c4)Sc4ccccc4N5c4ccc(-c5ccc6oc7ccccc7c6c5)cc4)cc3)c3cccc4ccccc34)cc21. The number of fused-ring (bicyclic) bond motifs is 9. The summed E-state index contributed by atoms with van der Waals surface area (Å²) in [5, 5.41) is 4.72. The van der Waals surface area contributed by atoms with Crippen molar-refractivity contribution < 1.29 is 4.42 Å². The Kier molecular flexibility index (Phi) is 8.49. The molecular weight excluding hydrogens is 809 g/mol. The molecule has 0 amide bonds. The second-order valence-electron chi connectivity index (χ2n) is 17.7. The van der Waals surface area contributed by atoms with Crippen molar-refractivity contribution in [3.63, 3.8) is 0 Å². The van der Waals surface area contributed by atoms with E-state index in [0.29, 0.717) is 0 Å². The lowest BCUT2D eigenvalue weighted by atomic mass is 9.82. The maximum Gasteiger partial charge on any atom is 0.135 e. The lowest BCUT2D eigenvalue weighted by molar-refractivity contribution is 0.660. The summed E-state index contributed by atoms with van der Waals surface area (Å²) >= 11 is 1.84. The molecule has 11 aromatic rings. The van der Waals surface area contributed by atoms with Gasteiger partial charge in [-0.3, -0.25) is 0 Å². The van der Waals surface area contributed by atoms with Crippen LogP contribution >= 0.6 is 11.8 Å². The van der Waals surface area contributed by atoms with Gasteiger partial charge >= 0.3 is 0 Å².